The van der Waals surface area contributed by atoms with Gasteiger partial charge in [0.05, 0.1) is 0 Å². The van der Waals surface area contributed by atoms with E-state index >= 15 is 0 Å². The van der Waals surface area contributed by atoms with E-state index in [9.17, 15) is 14.7 Å². The molecule has 0 saturated heterocycles. The van der Waals surface area contributed by atoms with Gasteiger partial charge >= 0.3 is 0 Å². The lowest BCUT2D eigenvalue weighted by Gasteiger charge is -2.23. The first-order valence-corrected chi connectivity index (χ1v) is 3.73. The number of rotatable bonds is 2. The van der Waals surface area contributed by atoms with E-state index in [-0.39, 0.29) is 0 Å². The Balaban J connectivity index is 2.98. The molecular weight excluding hydrogens is 180 g/mol. The molecule has 6 nitrogen and oxygen atoms in total. The van der Waals surface area contributed by atoms with E-state index in [0.29, 0.717) is 0 Å². The molecule has 74 valence electrons. The molecule has 0 aromatic rings. The Morgan fingerprint density at radius 3 is 2.15 bits per heavy atom. The Morgan fingerprint density at radius 2 is 1.85 bits per heavy atom. The largest absolute Gasteiger partial charge is 0.396 e. The molecule has 1 rings (SSSR count). The van der Waals surface area contributed by atoms with Crippen molar-refractivity contribution in [1.29, 1.82) is 0 Å². The molecule has 1 aliphatic rings. The quantitative estimate of drug-likeness (QED) is 0.344. The average Bonchev–Trinajstić information content (AvgIpc) is 2.23. The van der Waals surface area contributed by atoms with Gasteiger partial charge in [-0.3, -0.25) is 9.59 Å². The van der Waals surface area contributed by atoms with Crippen molar-refractivity contribution in [2.24, 2.45) is 0 Å². The lowest BCUT2D eigenvalue weighted by atomic mass is 9.95. The highest BCUT2D eigenvalue weighted by Gasteiger charge is 2.58. The summed E-state index contributed by atoms with van der Waals surface area (Å²) in [6, 6.07) is 0. The average molecular weight is 190 g/mol. The number of hydrogen-bond acceptors (Lipinski definition) is 6. The van der Waals surface area contributed by atoms with E-state index in [4.69, 9.17) is 15.3 Å². The van der Waals surface area contributed by atoms with E-state index in [1.807, 2.05) is 0 Å². The maximum Gasteiger partial charge on any atom is 0.235 e. The zero-order valence-electron chi connectivity index (χ0n) is 6.67. The van der Waals surface area contributed by atoms with Crippen LogP contribution in [0.1, 0.15) is 6.42 Å². The summed E-state index contributed by atoms with van der Waals surface area (Å²) in [7, 11) is 0. The molecule has 0 aromatic carbocycles. The Morgan fingerprint density at radius 1 is 1.31 bits per heavy atom. The number of Topliss-reactive ketones (excluding diaryl/α,β-unsaturated/α-hetero) is 2. The molecule has 0 heterocycles. The predicted molar refractivity (Wildman–Crippen MR) is 38.7 cm³/mol. The molecular formula is C7H10O6. The third-order valence-corrected chi connectivity index (χ3v) is 2.17. The van der Waals surface area contributed by atoms with Crippen molar-refractivity contribution in [3.05, 3.63) is 0 Å². The number of aliphatic hydroxyl groups excluding tert-OH is 3. The summed E-state index contributed by atoms with van der Waals surface area (Å²) in [4.78, 5) is 21.8. The first-order chi connectivity index (χ1) is 5.95. The smallest absolute Gasteiger partial charge is 0.235 e. The topological polar surface area (TPSA) is 115 Å². The second-order valence-corrected chi connectivity index (χ2v) is 2.98. The number of ketones is 2. The Labute approximate surface area is 73.4 Å². The van der Waals surface area contributed by atoms with Crippen LogP contribution < -0.4 is 0 Å². The molecule has 0 aliphatic heterocycles. The van der Waals surface area contributed by atoms with Crippen molar-refractivity contribution in [1.82, 2.24) is 0 Å². The number of carbonyl (C=O) groups excluding carboxylic acids is 2. The monoisotopic (exact) mass is 190 g/mol. The Bertz CT molecular complexity index is 249. The summed E-state index contributed by atoms with van der Waals surface area (Å²) >= 11 is 0. The number of aliphatic hydroxyl groups is 4. The summed E-state index contributed by atoms with van der Waals surface area (Å²) in [5.41, 5.74) is -2.33. The second-order valence-electron chi connectivity index (χ2n) is 2.98. The van der Waals surface area contributed by atoms with E-state index in [0.717, 1.165) is 0 Å². The molecule has 3 unspecified atom stereocenters. The van der Waals surface area contributed by atoms with Gasteiger partial charge in [-0.05, 0) is 0 Å². The summed E-state index contributed by atoms with van der Waals surface area (Å²) in [5, 5.41) is 36.0. The van der Waals surface area contributed by atoms with Gasteiger partial charge < -0.3 is 20.4 Å². The highest BCUT2D eigenvalue weighted by Crippen LogP contribution is 2.27. The Kier molecular flexibility index (Phi) is 2.49. The lowest BCUT2D eigenvalue weighted by molar-refractivity contribution is -0.148. The van der Waals surface area contributed by atoms with Crippen molar-refractivity contribution in [2.45, 2.75) is 24.2 Å². The molecule has 0 amide bonds. The van der Waals surface area contributed by atoms with Crippen LogP contribution in [0.5, 0.6) is 0 Å². The van der Waals surface area contributed by atoms with Crippen LogP contribution in [0, 0.1) is 0 Å². The van der Waals surface area contributed by atoms with Crippen LogP contribution in [0.25, 0.3) is 0 Å². The highest BCUT2D eigenvalue weighted by molar-refractivity contribution is 6.44. The number of hydrogen-bond donors (Lipinski definition) is 4. The summed E-state index contributed by atoms with van der Waals surface area (Å²) in [6.07, 6.45) is -4.20. The standard InChI is InChI=1S/C7H10O6/c8-2-1-7(13)5(11)3(9)4(10)6(7)12/h3,5,8-9,11,13H,1-2H2. The zero-order chi connectivity index (χ0) is 10.2. The molecule has 1 fully saturated rings. The van der Waals surface area contributed by atoms with Gasteiger partial charge in [0, 0.05) is 13.0 Å². The lowest BCUT2D eigenvalue weighted by Crippen LogP contribution is -2.46. The SMILES string of the molecule is O=C1C(=O)C(O)(CCO)C(O)C1O. The normalized spacial score (nSPS) is 40.0. The molecule has 1 aliphatic carbocycles. The summed E-state index contributed by atoms with van der Waals surface area (Å²) in [5.74, 6) is -2.47. The Hall–Kier alpha value is -0.820. The van der Waals surface area contributed by atoms with E-state index in [1.54, 1.807) is 0 Å². The minimum Gasteiger partial charge on any atom is -0.396 e. The third kappa shape index (κ3) is 1.28. The first kappa shape index (κ1) is 10.3. The van der Waals surface area contributed by atoms with Gasteiger partial charge in [0.2, 0.25) is 11.6 Å². The van der Waals surface area contributed by atoms with Gasteiger partial charge in [-0.15, -0.1) is 0 Å². The zero-order valence-corrected chi connectivity index (χ0v) is 6.67. The van der Waals surface area contributed by atoms with Crippen LogP contribution in [0.2, 0.25) is 0 Å². The molecule has 0 spiro atoms. The van der Waals surface area contributed by atoms with Gasteiger partial charge in [-0.25, -0.2) is 0 Å². The van der Waals surface area contributed by atoms with Gasteiger partial charge in [-0.2, -0.15) is 0 Å². The molecule has 1 saturated carbocycles. The van der Waals surface area contributed by atoms with Crippen LogP contribution >= 0.6 is 0 Å². The van der Waals surface area contributed by atoms with Crippen LogP contribution in [-0.2, 0) is 9.59 Å². The third-order valence-electron chi connectivity index (χ3n) is 2.17. The first-order valence-electron chi connectivity index (χ1n) is 3.73. The molecule has 13 heavy (non-hydrogen) atoms. The predicted octanol–water partition coefficient (Wildman–Crippen LogP) is -3.03. The van der Waals surface area contributed by atoms with Crippen LogP contribution in [0.3, 0.4) is 0 Å². The van der Waals surface area contributed by atoms with Gasteiger partial charge in [-0.1, -0.05) is 0 Å². The van der Waals surface area contributed by atoms with Crippen molar-refractivity contribution in [3.63, 3.8) is 0 Å². The minimum atomic E-state index is -2.33. The maximum atomic E-state index is 11.0. The molecule has 4 N–H and O–H groups in total. The van der Waals surface area contributed by atoms with Crippen molar-refractivity contribution >= 4 is 11.6 Å². The van der Waals surface area contributed by atoms with Gasteiger partial charge in [0.15, 0.2) is 5.60 Å². The van der Waals surface area contributed by atoms with Crippen molar-refractivity contribution < 1.29 is 30.0 Å². The number of carbonyl (C=O) groups is 2. The van der Waals surface area contributed by atoms with Crippen LogP contribution in [0.15, 0.2) is 0 Å². The highest BCUT2D eigenvalue weighted by atomic mass is 16.4. The molecule has 0 bridgehead atoms. The van der Waals surface area contributed by atoms with Crippen molar-refractivity contribution in [3.8, 4) is 0 Å². The molecule has 0 radical (unpaired) electrons. The van der Waals surface area contributed by atoms with Crippen LogP contribution in [0.4, 0.5) is 0 Å². The van der Waals surface area contributed by atoms with E-state index < -0.39 is 42.4 Å². The van der Waals surface area contributed by atoms with E-state index in [1.165, 1.54) is 0 Å². The summed E-state index contributed by atoms with van der Waals surface area (Å²) < 4.78 is 0. The minimum absolute atomic E-state index is 0.462. The maximum absolute atomic E-state index is 11.0. The summed E-state index contributed by atoms with van der Waals surface area (Å²) in [6.45, 7) is -0.556. The fourth-order valence-electron chi connectivity index (χ4n) is 1.32. The van der Waals surface area contributed by atoms with Gasteiger partial charge in [0.1, 0.15) is 12.2 Å². The van der Waals surface area contributed by atoms with Crippen molar-refractivity contribution in [2.75, 3.05) is 6.61 Å². The molecule has 0 aromatic heterocycles. The fourth-order valence-corrected chi connectivity index (χ4v) is 1.32. The second kappa shape index (κ2) is 3.15. The van der Waals surface area contributed by atoms with Crippen LogP contribution in [-0.4, -0.2) is 56.4 Å². The molecule has 3 atom stereocenters. The molecule has 6 heteroatoms. The fraction of sp³-hybridized carbons (Fsp3) is 0.714. The van der Waals surface area contributed by atoms with Gasteiger partial charge in [0.25, 0.3) is 0 Å². The van der Waals surface area contributed by atoms with E-state index in [2.05, 4.69) is 0 Å².